The largest absolute Gasteiger partial charge is 0.388 e. The second-order valence-electron chi connectivity index (χ2n) is 7.64. The maximum atomic E-state index is 13.2. The fourth-order valence-electron chi connectivity index (χ4n) is 4.06. The monoisotopic (exact) mass is 391 g/mol. The molecule has 0 spiro atoms. The second kappa shape index (κ2) is 10.2. The highest BCUT2D eigenvalue weighted by molar-refractivity contribution is 5.97. The van der Waals surface area contributed by atoms with Gasteiger partial charge in [-0.1, -0.05) is 48.5 Å². The number of nitriles is 1. The third-order valence-electron chi connectivity index (χ3n) is 5.85. The SMILES string of the molecule is CC(C(=O)N(CCC#N)c1ccccc1)N1CCC(C(O)c2ccccc2)CC1. The molecule has 0 aliphatic carbocycles. The van der Waals surface area contributed by atoms with Crippen molar-refractivity contribution in [2.24, 2.45) is 5.92 Å². The van der Waals surface area contributed by atoms with Crippen LogP contribution in [0.1, 0.15) is 37.9 Å². The van der Waals surface area contributed by atoms with Crippen molar-refractivity contribution < 1.29 is 9.90 Å². The van der Waals surface area contributed by atoms with Gasteiger partial charge in [0.25, 0.3) is 0 Å². The maximum absolute atomic E-state index is 13.2. The van der Waals surface area contributed by atoms with Crippen LogP contribution in [0, 0.1) is 17.2 Å². The van der Waals surface area contributed by atoms with E-state index >= 15 is 0 Å². The first-order valence-electron chi connectivity index (χ1n) is 10.3. The molecule has 0 saturated carbocycles. The summed E-state index contributed by atoms with van der Waals surface area (Å²) in [6, 6.07) is 21.2. The predicted octanol–water partition coefficient (Wildman–Crippen LogP) is 3.77. The van der Waals surface area contributed by atoms with Crippen molar-refractivity contribution in [1.82, 2.24) is 4.90 Å². The number of benzene rings is 2. The number of nitrogens with zero attached hydrogens (tertiary/aromatic N) is 3. The first kappa shape index (κ1) is 21.0. The second-order valence-corrected chi connectivity index (χ2v) is 7.64. The van der Waals surface area contributed by atoms with Gasteiger partial charge in [0.15, 0.2) is 0 Å². The Morgan fingerprint density at radius 3 is 2.31 bits per heavy atom. The third kappa shape index (κ3) is 5.23. The van der Waals surface area contributed by atoms with Crippen molar-refractivity contribution in [3.05, 3.63) is 66.2 Å². The van der Waals surface area contributed by atoms with E-state index in [9.17, 15) is 9.90 Å². The molecule has 1 fully saturated rings. The molecule has 1 saturated heterocycles. The molecule has 1 heterocycles. The standard InChI is InChI=1S/C24H29N3O2/c1-19(24(29)27(16-8-15-25)22-11-6-3-7-12-22)26-17-13-21(14-18-26)23(28)20-9-4-2-5-10-20/h2-7,9-12,19,21,23,28H,8,13-14,16-18H2,1H3. The van der Waals surface area contributed by atoms with Crippen molar-refractivity contribution in [2.75, 3.05) is 24.5 Å². The number of anilines is 1. The Morgan fingerprint density at radius 2 is 1.72 bits per heavy atom. The van der Waals surface area contributed by atoms with Crippen LogP contribution in [0.4, 0.5) is 5.69 Å². The number of rotatable bonds is 7. The Balaban J connectivity index is 1.62. The average Bonchev–Trinajstić information content (AvgIpc) is 2.79. The molecule has 0 radical (unpaired) electrons. The van der Waals surface area contributed by atoms with Gasteiger partial charge >= 0.3 is 0 Å². The van der Waals surface area contributed by atoms with Crippen LogP contribution >= 0.6 is 0 Å². The summed E-state index contributed by atoms with van der Waals surface area (Å²) in [7, 11) is 0. The Kier molecular flexibility index (Phi) is 7.40. The molecule has 2 atom stereocenters. The number of para-hydroxylation sites is 1. The first-order valence-corrected chi connectivity index (χ1v) is 10.3. The topological polar surface area (TPSA) is 67.6 Å². The van der Waals surface area contributed by atoms with E-state index in [0.29, 0.717) is 13.0 Å². The summed E-state index contributed by atoms with van der Waals surface area (Å²) in [5, 5.41) is 19.7. The summed E-state index contributed by atoms with van der Waals surface area (Å²) in [5.41, 5.74) is 1.79. The Bertz CT molecular complexity index is 811. The molecule has 29 heavy (non-hydrogen) atoms. The van der Waals surface area contributed by atoms with Gasteiger partial charge in [-0.15, -0.1) is 0 Å². The number of aliphatic hydroxyl groups excluding tert-OH is 1. The van der Waals surface area contributed by atoms with E-state index in [1.807, 2.05) is 67.6 Å². The lowest BCUT2D eigenvalue weighted by Crippen LogP contribution is -2.50. The van der Waals surface area contributed by atoms with Crippen LogP contribution in [-0.4, -0.2) is 41.6 Å². The van der Waals surface area contributed by atoms with Gasteiger partial charge < -0.3 is 10.0 Å². The van der Waals surface area contributed by atoms with E-state index in [-0.39, 0.29) is 17.9 Å². The summed E-state index contributed by atoms with van der Waals surface area (Å²) in [6.07, 6.45) is 1.56. The van der Waals surface area contributed by atoms with Crippen LogP contribution in [0.3, 0.4) is 0 Å². The molecule has 5 heteroatoms. The number of likely N-dealkylation sites (tertiary alicyclic amines) is 1. The van der Waals surface area contributed by atoms with Gasteiger partial charge in [-0.05, 0) is 56.5 Å². The maximum Gasteiger partial charge on any atom is 0.244 e. The molecule has 2 unspecified atom stereocenters. The molecular formula is C24H29N3O2. The van der Waals surface area contributed by atoms with Crippen molar-refractivity contribution in [3.8, 4) is 6.07 Å². The molecular weight excluding hydrogens is 362 g/mol. The number of piperidine rings is 1. The van der Waals surface area contributed by atoms with Crippen LogP contribution in [0.5, 0.6) is 0 Å². The van der Waals surface area contributed by atoms with E-state index in [1.165, 1.54) is 0 Å². The molecule has 1 aliphatic heterocycles. The zero-order chi connectivity index (χ0) is 20.6. The lowest BCUT2D eigenvalue weighted by molar-refractivity contribution is -0.124. The Labute approximate surface area is 173 Å². The average molecular weight is 392 g/mol. The van der Waals surface area contributed by atoms with Crippen molar-refractivity contribution >= 4 is 11.6 Å². The van der Waals surface area contributed by atoms with E-state index in [4.69, 9.17) is 5.26 Å². The molecule has 2 aromatic carbocycles. The number of aliphatic hydroxyl groups is 1. The number of carbonyl (C=O) groups is 1. The fourth-order valence-corrected chi connectivity index (χ4v) is 4.06. The zero-order valence-corrected chi connectivity index (χ0v) is 16.9. The highest BCUT2D eigenvalue weighted by atomic mass is 16.3. The molecule has 1 amide bonds. The fraction of sp³-hybridized carbons (Fsp3) is 0.417. The van der Waals surface area contributed by atoms with Gasteiger partial charge in [-0.3, -0.25) is 9.69 Å². The highest BCUT2D eigenvalue weighted by Crippen LogP contribution is 2.31. The summed E-state index contributed by atoms with van der Waals surface area (Å²) >= 11 is 0. The lowest BCUT2D eigenvalue weighted by atomic mass is 9.87. The van der Waals surface area contributed by atoms with Crippen LogP contribution < -0.4 is 4.90 Å². The van der Waals surface area contributed by atoms with Crippen molar-refractivity contribution in [3.63, 3.8) is 0 Å². The van der Waals surface area contributed by atoms with E-state index in [0.717, 1.165) is 37.2 Å². The number of hydrogen-bond donors (Lipinski definition) is 1. The number of amides is 1. The van der Waals surface area contributed by atoms with Crippen LogP contribution in [0.2, 0.25) is 0 Å². The number of carbonyl (C=O) groups excluding carboxylic acids is 1. The predicted molar refractivity (Wildman–Crippen MR) is 114 cm³/mol. The zero-order valence-electron chi connectivity index (χ0n) is 16.9. The van der Waals surface area contributed by atoms with Gasteiger partial charge in [0, 0.05) is 12.2 Å². The lowest BCUT2D eigenvalue weighted by Gasteiger charge is -2.38. The van der Waals surface area contributed by atoms with E-state index in [2.05, 4.69) is 11.0 Å². The minimum atomic E-state index is -0.458. The molecule has 0 bridgehead atoms. The molecule has 2 aromatic rings. The summed E-state index contributed by atoms with van der Waals surface area (Å²) in [4.78, 5) is 17.1. The smallest absolute Gasteiger partial charge is 0.244 e. The molecule has 1 aliphatic rings. The van der Waals surface area contributed by atoms with Gasteiger partial charge in [-0.25, -0.2) is 0 Å². The van der Waals surface area contributed by atoms with Crippen LogP contribution in [-0.2, 0) is 4.79 Å². The highest BCUT2D eigenvalue weighted by Gasteiger charge is 2.32. The molecule has 0 aromatic heterocycles. The Hall–Kier alpha value is -2.68. The van der Waals surface area contributed by atoms with E-state index < -0.39 is 6.10 Å². The quantitative estimate of drug-likeness (QED) is 0.780. The van der Waals surface area contributed by atoms with Gasteiger partial charge in [0.2, 0.25) is 5.91 Å². The number of hydrogen-bond acceptors (Lipinski definition) is 4. The molecule has 152 valence electrons. The third-order valence-corrected chi connectivity index (χ3v) is 5.85. The molecule has 1 N–H and O–H groups in total. The summed E-state index contributed by atoms with van der Waals surface area (Å²) in [6.45, 7) is 3.90. The molecule has 3 rings (SSSR count). The van der Waals surface area contributed by atoms with Crippen molar-refractivity contribution in [1.29, 1.82) is 5.26 Å². The van der Waals surface area contributed by atoms with Gasteiger partial charge in [0.05, 0.1) is 24.6 Å². The first-order chi connectivity index (χ1) is 14.1. The normalized spacial score (nSPS) is 17.3. The minimum Gasteiger partial charge on any atom is -0.388 e. The summed E-state index contributed by atoms with van der Waals surface area (Å²) < 4.78 is 0. The van der Waals surface area contributed by atoms with Gasteiger partial charge in [0.1, 0.15) is 0 Å². The minimum absolute atomic E-state index is 0.0218. The van der Waals surface area contributed by atoms with Crippen molar-refractivity contribution in [2.45, 2.75) is 38.3 Å². The Morgan fingerprint density at radius 1 is 1.14 bits per heavy atom. The molecule has 5 nitrogen and oxygen atoms in total. The summed E-state index contributed by atoms with van der Waals surface area (Å²) in [5.74, 6) is 0.230. The van der Waals surface area contributed by atoms with Crippen LogP contribution in [0.25, 0.3) is 0 Å². The van der Waals surface area contributed by atoms with Crippen LogP contribution in [0.15, 0.2) is 60.7 Å². The van der Waals surface area contributed by atoms with Gasteiger partial charge in [-0.2, -0.15) is 5.26 Å². The van der Waals surface area contributed by atoms with E-state index in [1.54, 1.807) is 4.90 Å².